The molecular weight excluding hydrogens is 198 g/mol. The van der Waals surface area contributed by atoms with Crippen molar-refractivity contribution in [1.29, 1.82) is 0 Å². The lowest BCUT2D eigenvalue weighted by molar-refractivity contribution is 0.0614. The van der Waals surface area contributed by atoms with Crippen LogP contribution in [0.25, 0.3) is 0 Å². The average molecular weight is 213 g/mol. The minimum atomic E-state index is -0.514. The van der Waals surface area contributed by atoms with E-state index in [0.717, 1.165) is 36.6 Å². The second-order valence-electron chi connectivity index (χ2n) is 3.93. The van der Waals surface area contributed by atoms with E-state index >= 15 is 0 Å². The molecule has 0 atom stereocenters. The zero-order valence-electron chi connectivity index (χ0n) is 8.29. The standard InChI is InChI=1S/C9H15N3OS/c1-7-11-8(14-12-7)10-6-9(13)4-2-3-5-9/h13H,2-6H2,1H3,(H,10,11,12). The first kappa shape index (κ1) is 9.86. The van der Waals surface area contributed by atoms with E-state index in [1.807, 2.05) is 6.92 Å². The number of anilines is 1. The van der Waals surface area contributed by atoms with Crippen LogP contribution in [-0.2, 0) is 0 Å². The molecule has 1 saturated carbocycles. The zero-order chi connectivity index (χ0) is 10.0. The highest BCUT2D eigenvalue weighted by molar-refractivity contribution is 7.09. The maximum absolute atomic E-state index is 10.1. The molecule has 4 nitrogen and oxygen atoms in total. The van der Waals surface area contributed by atoms with Crippen LogP contribution >= 0.6 is 11.5 Å². The minimum absolute atomic E-state index is 0.514. The molecule has 1 heterocycles. The van der Waals surface area contributed by atoms with Crippen LogP contribution in [0.4, 0.5) is 5.13 Å². The number of nitrogens with zero attached hydrogens (tertiary/aromatic N) is 2. The van der Waals surface area contributed by atoms with E-state index in [-0.39, 0.29) is 0 Å². The Kier molecular flexibility index (Phi) is 2.69. The Hall–Kier alpha value is -0.680. The third kappa shape index (κ3) is 2.22. The summed E-state index contributed by atoms with van der Waals surface area (Å²) >= 11 is 1.35. The number of hydrogen-bond acceptors (Lipinski definition) is 5. The van der Waals surface area contributed by atoms with Gasteiger partial charge in [-0.2, -0.15) is 4.37 Å². The van der Waals surface area contributed by atoms with E-state index in [0.29, 0.717) is 6.54 Å². The number of rotatable bonds is 3. The van der Waals surface area contributed by atoms with Crippen molar-refractivity contribution in [2.45, 2.75) is 38.2 Å². The Morgan fingerprint density at radius 1 is 1.50 bits per heavy atom. The fourth-order valence-electron chi connectivity index (χ4n) is 1.82. The van der Waals surface area contributed by atoms with E-state index < -0.39 is 5.60 Å². The molecule has 0 aromatic carbocycles. The average Bonchev–Trinajstić information content (AvgIpc) is 2.73. The smallest absolute Gasteiger partial charge is 0.202 e. The lowest BCUT2D eigenvalue weighted by Gasteiger charge is -2.21. The summed E-state index contributed by atoms with van der Waals surface area (Å²) in [6.45, 7) is 2.47. The third-order valence-corrected chi connectivity index (χ3v) is 3.39. The Morgan fingerprint density at radius 3 is 2.79 bits per heavy atom. The van der Waals surface area contributed by atoms with Gasteiger partial charge in [0.1, 0.15) is 5.82 Å². The van der Waals surface area contributed by atoms with Gasteiger partial charge in [0.2, 0.25) is 5.13 Å². The summed E-state index contributed by atoms with van der Waals surface area (Å²) in [4.78, 5) is 4.19. The molecule has 0 saturated heterocycles. The second kappa shape index (κ2) is 3.82. The van der Waals surface area contributed by atoms with Gasteiger partial charge in [0, 0.05) is 18.1 Å². The molecule has 2 N–H and O–H groups in total. The number of aryl methyl sites for hydroxylation is 1. The predicted octanol–water partition coefficient (Wildman–Crippen LogP) is 1.56. The van der Waals surface area contributed by atoms with E-state index in [1.54, 1.807) is 0 Å². The molecule has 0 spiro atoms. The first-order valence-corrected chi connectivity index (χ1v) is 5.72. The van der Waals surface area contributed by atoms with Crippen molar-refractivity contribution in [3.63, 3.8) is 0 Å². The Labute approximate surface area is 87.5 Å². The maximum atomic E-state index is 10.1. The molecule has 1 aliphatic rings. The molecule has 1 aromatic heterocycles. The Morgan fingerprint density at radius 2 is 2.21 bits per heavy atom. The zero-order valence-corrected chi connectivity index (χ0v) is 9.10. The van der Waals surface area contributed by atoms with E-state index in [9.17, 15) is 5.11 Å². The molecule has 14 heavy (non-hydrogen) atoms. The van der Waals surface area contributed by atoms with Crippen molar-refractivity contribution in [2.24, 2.45) is 0 Å². The van der Waals surface area contributed by atoms with Gasteiger partial charge >= 0.3 is 0 Å². The molecule has 5 heteroatoms. The predicted molar refractivity (Wildman–Crippen MR) is 56.6 cm³/mol. The lowest BCUT2D eigenvalue weighted by atomic mass is 10.0. The van der Waals surface area contributed by atoms with Gasteiger partial charge in [-0.3, -0.25) is 0 Å². The van der Waals surface area contributed by atoms with Gasteiger partial charge in [-0.05, 0) is 19.8 Å². The Balaban J connectivity index is 1.87. The van der Waals surface area contributed by atoms with Gasteiger partial charge in [0.15, 0.2) is 0 Å². The van der Waals surface area contributed by atoms with Crippen molar-refractivity contribution in [2.75, 3.05) is 11.9 Å². The van der Waals surface area contributed by atoms with Gasteiger partial charge in [0.25, 0.3) is 0 Å². The molecule has 78 valence electrons. The molecule has 1 aliphatic carbocycles. The highest BCUT2D eigenvalue weighted by Crippen LogP contribution is 2.29. The molecule has 1 fully saturated rings. The summed E-state index contributed by atoms with van der Waals surface area (Å²) in [6, 6.07) is 0. The van der Waals surface area contributed by atoms with Crippen molar-refractivity contribution < 1.29 is 5.11 Å². The lowest BCUT2D eigenvalue weighted by Crippen LogP contribution is -2.33. The van der Waals surface area contributed by atoms with Gasteiger partial charge in [-0.15, -0.1) is 0 Å². The molecular formula is C9H15N3OS. The van der Waals surface area contributed by atoms with Crippen LogP contribution in [0.2, 0.25) is 0 Å². The quantitative estimate of drug-likeness (QED) is 0.800. The largest absolute Gasteiger partial charge is 0.388 e. The first-order valence-electron chi connectivity index (χ1n) is 4.95. The summed E-state index contributed by atoms with van der Waals surface area (Å²) in [5.74, 6) is 0.788. The Bertz CT molecular complexity index is 307. The van der Waals surface area contributed by atoms with Crippen LogP contribution in [0.3, 0.4) is 0 Å². The topological polar surface area (TPSA) is 58.0 Å². The second-order valence-corrected chi connectivity index (χ2v) is 4.68. The molecule has 0 amide bonds. The van der Waals surface area contributed by atoms with Gasteiger partial charge in [-0.25, -0.2) is 4.98 Å². The normalized spacial score (nSPS) is 19.9. The highest BCUT2D eigenvalue weighted by Gasteiger charge is 2.30. The molecule has 2 rings (SSSR count). The number of aliphatic hydroxyl groups is 1. The summed E-state index contributed by atoms with van der Waals surface area (Å²) < 4.78 is 4.07. The minimum Gasteiger partial charge on any atom is -0.388 e. The van der Waals surface area contributed by atoms with Crippen LogP contribution in [0.1, 0.15) is 31.5 Å². The molecule has 0 unspecified atom stereocenters. The van der Waals surface area contributed by atoms with Crippen molar-refractivity contribution >= 4 is 16.7 Å². The summed E-state index contributed by atoms with van der Waals surface area (Å²) in [6.07, 6.45) is 4.07. The van der Waals surface area contributed by atoms with E-state index in [1.165, 1.54) is 11.5 Å². The SMILES string of the molecule is Cc1nsc(NCC2(O)CCCC2)n1. The van der Waals surface area contributed by atoms with Crippen LogP contribution < -0.4 is 5.32 Å². The van der Waals surface area contributed by atoms with Crippen molar-refractivity contribution in [1.82, 2.24) is 9.36 Å². The fraction of sp³-hybridized carbons (Fsp3) is 0.778. The third-order valence-electron chi connectivity index (χ3n) is 2.63. The summed E-state index contributed by atoms with van der Waals surface area (Å²) in [5, 5.41) is 14.0. The number of aromatic nitrogens is 2. The summed E-state index contributed by atoms with van der Waals surface area (Å²) in [5.41, 5.74) is -0.514. The summed E-state index contributed by atoms with van der Waals surface area (Å²) in [7, 11) is 0. The molecule has 0 bridgehead atoms. The van der Waals surface area contributed by atoms with Crippen LogP contribution in [0.15, 0.2) is 0 Å². The van der Waals surface area contributed by atoms with Gasteiger partial charge in [0.05, 0.1) is 5.60 Å². The van der Waals surface area contributed by atoms with Gasteiger partial charge < -0.3 is 10.4 Å². The van der Waals surface area contributed by atoms with Crippen molar-refractivity contribution in [3.8, 4) is 0 Å². The molecule has 0 radical (unpaired) electrons. The maximum Gasteiger partial charge on any atom is 0.202 e. The van der Waals surface area contributed by atoms with Crippen molar-refractivity contribution in [3.05, 3.63) is 5.82 Å². The van der Waals surface area contributed by atoms with Gasteiger partial charge in [-0.1, -0.05) is 12.8 Å². The number of nitrogens with one attached hydrogen (secondary N) is 1. The molecule has 1 aromatic rings. The monoisotopic (exact) mass is 213 g/mol. The fourth-order valence-corrected chi connectivity index (χ4v) is 2.39. The first-order chi connectivity index (χ1) is 6.68. The number of hydrogen-bond donors (Lipinski definition) is 2. The van der Waals surface area contributed by atoms with Crippen LogP contribution in [0.5, 0.6) is 0 Å². The van der Waals surface area contributed by atoms with Crippen LogP contribution in [-0.4, -0.2) is 26.6 Å². The molecule has 0 aliphatic heterocycles. The van der Waals surface area contributed by atoms with Crippen LogP contribution in [0, 0.1) is 6.92 Å². The van der Waals surface area contributed by atoms with E-state index in [4.69, 9.17) is 0 Å². The van der Waals surface area contributed by atoms with E-state index in [2.05, 4.69) is 14.7 Å². The highest BCUT2D eigenvalue weighted by atomic mass is 32.1.